The summed E-state index contributed by atoms with van der Waals surface area (Å²) in [5.41, 5.74) is 0.400. The number of aliphatic hydroxyl groups is 1. The minimum atomic E-state index is -0.685. The minimum Gasteiger partial charge on any atom is -0.508 e. The number of nitrogens with one attached hydrogen (secondary N) is 2. The van der Waals surface area contributed by atoms with Crippen LogP contribution in [-0.4, -0.2) is 67.8 Å². The monoisotopic (exact) mass is 458 g/mol. The molecule has 2 aromatic rings. The van der Waals surface area contributed by atoms with E-state index in [1.165, 1.54) is 25.0 Å². The molecule has 1 atom stereocenters. The third-order valence-electron chi connectivity index (χ3n) is 5.35. The van der Waals surface area contributed by atoms with E-state index in [0.29, 0.717) is 50.3 Å². The van der Waals surface area contributed by atoms with E-state index in [1.54, 1.807) is 12.1 Å². The van der Waals surface area contributed by atoms with Crippen LogP contribution in [0.4, 0.5) is 0 Å². The number of carbonyl (C=O) groups excluding carboxylic acids is 1. The van der Waals surface area contributed by atoms with E-state index >= 15 is 0 Å². The molecule has 1 fully saturated rings. The number of rotatable bonds is 14. The SMILES string of the molecule is O=C(NCCNCC(O)COc1ccc(OCCOC2CCCC2)cc1)c1cccc(O)c1. The molecule has 1 amide bonds. The third kappa shape index (κ3) is 9.29. The van der Waals surface area contributed by atoms with Crippen LogP contribution in [0.1, 0.15) is 36.0 Å². The van der Waals surface area contributed by atoms with Crippen LogP contribution >= 0.6 is 0 Å². The zero-order chi connectivity index (χ0) is 23.3. The second-order valence-corrected chi connectivity index (χ2v) is 8.07. The molecule has 0 aliphatic heterocycles. The minimum absolute atomic E-state index is 0.0511. The van der Waals surface area contributed by atoms with Crippen LogP contribution in [0.15, 0.2) is 48.5 Å². The molecule has 1 saturated carbocycles. The topological polar surface area (TPSA) is 109 Å². The number of hydrogen-bond donors (Lipinski definition) is 4. The van der Waals surface area contributed by atoms with E-state index in [9.17, 15) is 15.0 Å². The predicted molar refractivity (Wildman–Crippen MR) is 125 cm³/mol. The summed E-state index contributed by atoms with van der Waals surface area (Å²) in [5.74, 6) is 1.20. The number of phenolic OH excluding ortho intramolecular Hbond substituents is 1. The highest BCUT2D eigenvalue weighted by atomic mass is 16.5. The molecular formula is C25H34N2O6. The van der Waals surface area contributed by atoms with Crippen molar-refractivity contribution in [2.24, 2.45) is 0 Å². The van der Waals surface area contributed by atoms with Gasteiger partial charge in [0.2, 0.25) is 0 Å². The van der Waals surface area contributed by atoms with E-state index < -0.39 is 6.10 Å². The summed E-state index contributed by atoms with van der Waals surface area (Å²) in [6.45, 7) is 2.51. The van der Waals surface area contributed by atoms with Crippen LogP contribution in [0.5, 0.6) is 17.2 Å². The quantitative estimate of drug-likeness (QED) is 0.322. The van der Waals surface area contributed by atoms with E-state index in [0.717, 1.165) is 18.6 Å². The van der Waals surface area contributed by atoms with Crippen LogP contribution in [-0.2, 0) is 4.74 Å². The first-order chi connectivity index (χ1) is 16.1. The maximum absolute atomic E-state index is 12.0. The number of benzene rings is 2. The summed E-state index contributed by atoms with van der Waals surface area (Å²) in [6, 6.07) is 13.5. The third-order valence-corrected chi connectivity index (χ3v) is 5.35. The highest BCUT2D eigenvalue weighted by molar-refractivity contribution is 5.94. The van der Waals surface area contributed by atoms with Gasteiger partial charge in [0, 0.05) is 25.2 Å². The standard InChI is InChI=1S/C25H34N2O6/c28-20-5-3-4-19(16-20)25(30)27-13-12-26-17-21(29)18-33-24-10-8-23(9-11-24)32-15-14-31-22-6-1-2-7-22/h3-5,8-11,16,21-22,26,28-29H,1-2,6-7,12-15,17-18H2,(H,27,30). The van der Waals surface area contributed by atoms with E-state index in [2.05, 4.69) is 10.6 Å². The zero-order valence-electron chi connectivity index (χ0n) is 18.9. The Balaban J connectivity index is 1.22. The lowest BCUT2D eigenvalue weighted by Gasteiger charge is -2.14. The Labute approximate surface area is 194 Å². The van der Waals surface area contributed by atoms with E-state index in [4.69, 9.17) is 14.2 Å². The maximum Gasteiger partial charge on any atom is 0.251 e. The van der Waals surface area contributed by atoms with E-state index in [-0.39, 0.29) is 18.3 Å². The average molecular weight is 459 g/mol. The maximum atomic E-state index is 12.0. The predicted octanol–water partition coefficient (Wildman–Crippen LogP) is 2.49. The second kappa shape index (κ2) is 13.7. The van der Waals surface area contributed by atoms with Gasteiger partial charge < -0.3 is 35.1 Å². The van der Waals surface area contributed by atoms with Crippen LogP contribution in [0.25, 0.3) is 0 Å². The molecule has 8 heteroatoms. The highest BCUT2D eigenvalue weighted by Gasteiger charge is 2.14. The molecule has 3 rings (SSSR count). The Morgan fingerprint density at radius 1 is 1.00 bits per heavy atom. The lowest BCUT2D eigenvalue weighted by atomic mass is 10.2. The normalized spacial score (nSPS) is 14.7. The Hall–Kier alpha value is -2.81. The molecule has 0 aromatic heterocycles. The van der Waals surface area contributed by atoms with Crippen molar-refractivity contribution >= 4 is 5.91 Å². The van der Waals surface area contributed by atoms with Crippen LogP contribution in [0, 0.1) is 0 Å². The number of phenols is 1. The molecule has 33 heavy (non-hydrogen) atoms. The summed E-state index contributed by atoms with van der Waals surface area (Å²) in [7, 11) is 0. The Bertz CT molecular complexity index is 839. The number of amides is 1. The van der Waals surface area contributed by atoms with Gasteiger partial charge in [-0.15, -0.1) is 0 Å². The fourth-order valence-corrected chi connectivity index (χ4v) is 3.60. The number of carbonyl (C=O) groups is 1. The summed E-state index contributed by atoms with van der Waals surface area (Å²) in [4.78, 5) is 12.0. The first kappa shape index (κ1) is 24.8. The first-order valence-corrected chi connectivity index (χ1v) is 11.5. The van der Waals surface area contributed by atoms with Crippen molar-refractivity contribution in [2.75, 3.05) is 39.5 Å². The molecule has 0 radical (unpaired) electrons. The van der Waals surface area contributed by atoms with E-state index in [1.807, 2.05) is 24.3 Å². The van der Waals surface area contributed by atoms with Crippen molar-refractivity contribution in [2.45, 2.75) is 37.9 Å². The Morgan fingerprint density at radius 2 is 1.73 bits per heavy atom. The molecule has 2 aromatic carbocycles. The number of ether oxygens (including phenoxy) is 3. The Morgan fingerprint density at radius 3 is 2.45 bits per heavy atom. The van der Waals surface area contributed by atoms with Crippen molar-refractivity contribution < 1.29 is 29.2 Å². The smallest absolute Gasteiger partial charge is 0.251 e. The van der Waals surface area contributed by atoms with Gasteiger partial charge >= 0.3 is 0 Å². The van der Waals surface area contributed by atoms with Gasteiger partial charge in [-0.05, 0) is 55.3 Å². The molecule has 1 aliphatic rings. The second-order valence-electron chi connectivity index (χ2n) is 8.07. The molecule has 4 N–H and O–H groups in total. The first-order valence-electron chi connectivity index (χ1n) is 11.5. The van der Waals surface area contributed by atoms with Crippen molar-refractivity contribution in [1.82, 2.24) is 10.6 Å². The molecule has 1 unspecified atom stereocenters. The van der Waals surface area contributed by atoms with Crippen LogP contribution in [0.2, 0.25) is 0 Å². The lowest BCUT2D eigenvalue weighted by molar-refractivity contribution is 0.0382. The van der Waals surface area contributed by atoms with Gasteiger partial charge in [0.1, 0.15) is 36.6 Å². The van der Waals surface area contributed by atoms with Gasteiger partial charge in [0.25, 0.3) is 5.91 Å². The summed E-state index contributed by atoms with van der Waals surface area (Å²) in [5, 5.41) is 25.3. The summed E-state index contributed by atoms with van der Waals surface area (Å²) in [6.07, 6.45) is 4.55. The average Bonchev–Trinajstić information content (AvgIpc) is 3.34. The van der Waals surface area contributed by atoms with Crippen molar-refractivity contribution in [3.63, 3.8) is 0 Å². The van der Waals surface area contributed by atoms with Crippen molar-refractivity contribution in [1.29, 1.82) is 0 Å². The molecular weight excluding hydrogens is 424 g/mol. The Kier molecular flexibility index (Phi) is 10.3. The van der Waals surface area contributed by atoms with Crippen molar-refractivity contribution in [3.8, 4) is 17.2 Å². The number of aliphatic hydroxyl groups excluding tert-OH is 1. The molecule has 0 heterocycles. The molecule has 0 saturated heterocycles. The lowest BCUT2D eigenvalue weighted by Crippen LogP contribution is -2.37. The van der Waals surface area contributed by atoms with Crippen LogP contribution in [0.3, 0.4) is 0 Å². The molecule has 8 nitrogen and oxygen atoms in total. The molecule has 0 spiro atoms. The van der Waals surface area contributed by atoms with Gasteiger partial charge in [-0.1, -0.05) is 18.9 Å². The summed E-state index contributed by atoms with van der Waals surface area (Å²) >= 11 is 0. The van der Waals surface area contributed by atoms with Crippen LogP contribution < -0.4 is 20.1 Å². The summed E-state index contributed by atoms with van der Waals surface area (Å²) < 4.78 is 17.1. The van der Waals surface area contributed by atoms with Gasteiger partial charge in [-0.25, -0.2) is 0 Å². The van der Waals surface area contributed by atoms with Gasteiger partial charge in [0.05, 0.1) is 12.7 Å². The number of aromatic hydroxyl groups is 1. The molecule has 1 aliphatic carbocycles. The fraction of sp³-hybridized carbons (Fsp3) is 0.480. The fourth-order valence-electron chi connectivity index (χ4n) is 3.60. The zero-order valence-corrected chi connectivity index (χ0v) is 18.9. The van der Waals surface area contributed by atoms with Gasteiger partial charge in [-0.2, -0.15) is 0 Å². The van der Waals surface area contributed by atoms with Gasteiger partial charge in [0.15, 0.2) is 0 Å². The molecule has 0 bridgehead atoms. The number of hydrogen-bond acceptors (Lipinski definition) is 7. The largest absolute Gasteiger partial charge is 0.508 e. The van der Waals surface area contributed by atoms with Crippen molar-refractivity contribution in [3.05, 3.63) is 54.1 Å². The highest BCUT2D eigenvalue weighted by Crippen LogP contribution is 2.21. The van der Waals surface area contributed by atoms with Gasteiger partial charge in [-0.3, -0.25) is 4.79 Å². The molecule has 180 valence electrons.